The molecular weight excluding hydrogens is 348 g/mol. The van der Waals surface area contributed by atoms with Gasteiger partial charge in [-0.15, -0.1) is 0 Å². The molecule has 0 atom stereocenters. The van der Waals surface area contributed by atoms with Crippen LogP contribution < -0.4 is 0 Å². The molecule has 28 heavy (non-hydrogen) atoms. The summed E-state index contributed by atoms with van der Waals surface area (Å²) in [5.74, 6) is 0.714. The van der Waals surface area contributed by atoms with Gasteiger partial charge in [0, 0.05) is 29.1 Å². The fourth-order valence-corrected chi connectivity index (χ4v) is 3.45. The van der Waals surface area contributed by atoms with Gasteiger partial charge in [0.15, 0.2) is 0 Å². The van der Waals surface area contributed by atoms with Crippen LogP contribution in [0.4, 0.5) is 0 Å². The van der Waals surface area contributed by atoms with Gasteiger partial charge in [-0.2, -0.15) is 10.4 Å². The van der Waals surface area contributed by atoms with Crippen molar-refractivity contribution in [2.45, 2.75) is 40.7 Å². The Kier molecular flexibility index (Phi) is 5.32. The molecule has 1 aromatic carbocycles. The second-order valence-corrected chi connectivity index (χ2v) is 7.20. The summed E-state index contributed by atoms with van der Waals surface area (Å²) in [7, 11) is 0. The van der Waals surface area contributed by atoms with Crippen LogP contribution in [-0.2, 0) is 0 Å². The van der Waals surface area contributed by atoms with Crippen LogP contribution >= 0.6 is 0 Å². The first-order valence-electron chi connectivity index (χ1n) is 9.30. The number of carbonyl (C=O) groups excluding carboxylic acids is 1. The van der Waals surface area contributed by atoms with Crippen molar-refractivity contribution in [2.75, 3.05) is 0 Å². The summed E-state index contributed by atoms with van der Waals surface area (Å²) in [6.07, 6.45) is 3.47. The fraction of sp³-hybridized carbons (Fsp3) is 0.261. The minimum Gasteiger partial charge on any atom is -0.303 e. The Morgan fingerprint density at radius 1 is 1.18 bits per heavy atom. The maximum absolute atomic E-state index is 12.9. The van der Waals surface area contributed by atoms with E-state index in [1.807, 2.05) is 55.8 Å². The Balaban J connectivity index is 2.07. The second kappa shape index (κ2) is 7.69. The van der Waals surface area contributed by atoms with Crippen molar-refractivity contribution in [1.29, 1.82) is 5.26 Å². The normalized spacial score (nSPS) is 11.7. The second-order valence-electron chi connectivity index (χ2n) is 7.20. The number of carbonyl (C=O) groups is 1. The van der Waals surface area contributed by atoms with Crippen LogP contribution in [0, 0.1) is 32.1 Å². The molecule has 0 saturated heterocycles. The minimum absolute atomic E-state index is 0.131. The van der Waals surface area contributed by atoms with E-state index in [2.05, 4.69) is 29.6 Å². The molecule has 0 unspecified atom stereocenters. The molecule has 0 saturated carbocycles. The Morgan fingerprint density at radius 3 is 2.54 bits per heavy atom. The Labute approximate surface area is 165 Å². The summed E-state index contributed by atoms with van der Waals surface area (Å²) in [5.41, 5.74) is 4.39. The van der Waals surface area contributed by atoms with Crippen LogP contribution in [0.3, 0.4) is 0 Å². The molecule has 5 heteroatoms. The highest BCUT2D eigenvalue weighted by Gasteiger charge is 2.18. The van der Waals surface area contributed by atoms with E-state index in [4.69, 9.17) is 0 Å². The zero-order valence-electron chi connectivity index (χ0n) is 16.9. The number of hydrogen-bond donors (Lipinski definition) is 0. The molecule has 0 fully saturated rings. The van der Waals surface area contributed by atoms with Crippen LogP contribution in [-0.4, -0.2) is 20.1 Å². The van der Waals surface area contributed by atoms with Gasteiger partial charge in [-0.1, -0.05) is 24.3 Å². The smallest absolute Gasteiger partial charge is 0.203 e. The third-order valence-corrected chi connectivity index (χ3v) is 4.89. The molecule has 0 aliphatic rings. The van der Waals surface area contributed by atoms with Crippen molar-refractivity contribution in [2.24, 2.45) is 0 Å². The van der Waals surface area contributed by atoms with Crippen molar-refractivity contribution in [3.05, 3.63) is 76.2 Å². The number of allylic oxidation sites excluding steroid dienone is 1. The molecule has 0 N–H and O–H groups in total. The first-order chi connectivity index (χ1) is 13.3. The number of nitriles is 1. The predicted octanol–water partition coefficient (Wildman–Crippen LogP) is 4.97. The lowest BCUT2D eigenvalue weighted by atomic mass is 9.98. The Bertz CT molecular complexity index is 1110. The predicted molar refractivity (Wildman–Crippen MR) is 111 cm³/mol. The van der Waals surface area contributed by atoms with Gasteiger partial charge in [0.1, 0.15) is 17.5 Å². The van der Waals surface area contributed by atoms with Crippen molar-refractivity contribution in [1.82, 2.24) is 14.3 Å². The molecule has 3 aromatic rings. The van der Waals surface area contributed by atoms with Gasteiger partial charge in [-0.3, -0.25) is 4.79 Å². The highest BCUT2D eigenvalue weighted by Crippen LogP contribution is 2.25. The highest BCUT2D eigenvalue weighted by atomic mass is 16.1. The standard InChI is InChI=1S/C23H24N4O/c1-15(2)27-22(10-11-25-27)26-17(4)12-19(18(26)5)13-20(14-24)23(28)21-9-7-6-8-16(21)3/h6-13,15H,1-5H3/b20-13+. The molecular formula is C23H24N4O. The van der Waals surface area contributed by atoms with Crippen LogP contribution in [0.2, 0.25) is 0 Å². The van der Waals surface area contributed by atoms with Crippen LogP contribution in [0.1, 0.15) is 52.8 Å². The summed E-state index contributed by atoms with van der Waals surface area (Å²) >= 11 is 0. The number of aryl methyl sites for hydroxylation is 2. The van der Waals surface area contributed by atoms with E-state index < -0.39 is 0 Å². The Morgan fingerprint density at radius 2 is 1.89 bits per heavy atom. The molecule has 0 aliphatic carbocycles. The minimum atomic E-state index is -0.252. The zero-order valence-corrected chi connectivity index (χ0v) is 16.9. The molecule has 0 aliphatic heterocycles. The van der Waals surface area contributed by atoms with E-state index in [0.29, 0.717) is 5.56 Å². The van der Waals surface area contributed by atoms with Crippen molar-refractivity contribution >= 4 is 11.9 Å². The molecule has 3 rings (SSSR count). The SMILES string of the molecule is Cc1ccccc1C(=O)/C(C#N)=C/c1cc(C)n(-c2ccnn2C(C)C)c1C. The molecule has 0 bridgehead atoms. The van der Waals surface area contributed by atoms with E-state index in [-0.39, 0.29) is 17.4 Å². The van der Waals surface area contributed by atoms with E-state index in [0.717, 1.165) is 28.3 Å². The van der Waals surface area contributed by atoms with Gasteiger partial charge in [0.05, 0.1) is 6.20 Å². The topological polar surface area (TPSA) is 63.6 Å². The summed E-state index contributed by atoms with van der Waals surface area (Å²) in [6.45, 7) is 10.0. The third kappa shape index (κ3) is 3.41. The van der Waals surface area contributed by atoms with Gasteiger partial charge in [-0.05, 0) is 57.9 Å². The number of aromatic nitrogens is 3. The van der Waals surface area contributed by atoms with E-state index >= 15 is 0 Å². The van der Waals surface area contributed by atoms with Gasteiger partial charge < -0.3 is 4.57 Å². The van der Waals surface area contributed by atoms with Gasteiger partial charge in [0.2, 0.25) is 5.78 Å². The first kappa shape index (κ1) is 19.4. The lowest BCUT2D eigenvalue weighted by Crippen LogP contribution is -2.11. The maximum Gasteiger partial charge on any atom is 0.203 e. The molecule has 0 radical (unpaired) electrons. The van der Waals surface area contributed by atoms with Crippen LogP contribution in [0.15, 0.2) is 48.2 Å². The van der Waals surface area contributed by atoms with Crippen molar-refractivity contribution in [3.8, 4) is 11.9 Å². The largest absolute Gasteiger partial charge is 0.303 e. The summed E-state index contributed by atoms with van der Waals surface area (Å²) in [5, 5.41) is 14.0. The van der Waals surface area contributed by atoms with E-state index in [1.165, 1.54) is 0 Å². The average Bonchev–Trinajstić information content (AvgIpc) is 3.24. The summed E-state index contributed by atoms with van der Waals surface area (Å²) in [6, 6.07) is 13.6. The fourth-order valence-electron chi connectivity index (χ4n) is 3.45. The molecule has 2 heterocycles. The zero-order chi connectivity index (χ0) is 20.4. The monoisotopic (exact) mass is 372 g/mol. The number of nitrogens with zero attached hydrogens (tertiary/aromatic N) is 4. The number of rotatable bonds is 5. The molecule has 5 nitrogen and oxygen atoms in total. The van der Waals surface area contributed by atoms with Crippen molar-refractivity contribution < 1.29 is 4.79 Å². The third-order valence-electron chi connectivity index (χ3n) is 4.89. The number of hydrogen-bond acceptors (Lipinski definition) is 3. The number of benzene rings is 1. The van der Waals surface area contributed by atoms with Crippen LogP contribution in [0.5, 0.6) is 0 Å². The quantitative estimate of drug-likeness (QED) is 0.361. The molecule has 0 spiro atoms. The summed E-state index contributed by atoms with van der Waals surface area (Å²) in [4.78, 5) is 12.9. The summed E-state index contributed by atoms with van der Waals surface area (Å²) < 4.78 is 4.06. The lowest BCUT2D eigenvalue weighted by Gasteiger charge is -2.15. The first-order valence-corrected chi connectivity index (χ1v) is 9.30. The van der Waals surface area contributed by atoms with Gasteiger partial charge >= 0.3 is 0 Å². The highest BCUT2D eigenvalue weighted by molar-refractivity contribution is 6.14. The maximum atomic E-state index is 12.9. The molecule has 2 aromatic heterocycles. The number of Topliss-reactive ketones (excluding diaryl/α,β-unsaturated/α-hetero) is 1. The van der Waals surface area contributed by atoms with Crippen LogP contribution in [0.25, 0.3) is 11.9 Å². The lowest BCUT2D eigenvalue weighted by molar-refractivity contribution is 0.103. The molecule has 142 valence electrons. The average molecular weight is 372 g/mol. The molecule has 0 amide bonds. The Hall–Kier alpha value is -3.39. The van der Waals surface area contributed by atoms with E-state index in [9.17, 15) is 10.1 Å². The number of ketones is 1. The van der Waals surface area contributed by atoms with Gasteiger partial charge in [-0.25, -0.2) is 4.68 Å². The van der Waals surface area contributed by atoms with Gasteiger partial charge in [0.25, 0.3) is 0 Å². The van der Waals surface area contributed by atoms with E-state index in [1.54, 1.807) is 18.3 Å². The van der Waals surface area contributed by atoms with Crippen molar-refractivity contribution in [3.63, 3.8) is 0 Å².